The van der Waals surface area contributed by atoms with Crippen LogP contribution in [0.2, 0.25) is 5.02 Å². The molecule has 1 aliphatic heterocycles. The van der Waals surface area contributed by atoms with E-state index in [1.165, 1.54) is 6.26 Å². The maximum Gasteiger partial charge on any atom is 0.289 e. The fourth-order valence-corrected chi connectivity index (χ4v) is 4.52. The van der Waals surface area contributed by atoms with E-state index in [-0.39, 0.29) is 11.9 Å². The van der Waals surface area contributed by atoms with E-state index in [2.05, 4.69) is 15.1 Å². The molecule has 1 saturated heterocycles. The predicted molar refractivity (Wildman–Crippen MR) is 122 cm³/mol. The standard InChI is InChI=1S/C23H19ClN6O3/c1-14-13-28(8-9-29(14)22(31)19-5-3-11-33-19)23-25-17-12-15(24)6-7-16(17)20-26-27-21(30(20)23)18-4-2-10-32-18/h2-7,10-12,14H,8-9,13H2,1H3/t14-/m0/s1. The molecule has 5 heterocycles. The van der Waals surface area contributed by atoms with Crippen LogP contribution >= 0.6 is 11.6 Å². The van der Waals surface area contributed by atoms with E-state index in [0.29, 0.717) is 53.6 Å². The number of anilines is 1. The van der Waals surface area contributed by atoms with Crippen LogP contribution in [0.25, 0.3) is 28.1 Å². The van der Waals surface area contributed by atoms with Crippen LogP contribution in [0.1, 0.15) is 17.5 Å². The molecule has 0 aliphatic carbocycles. The number of hydrogen-bond acceptors (Lipinski definition) is 7. The molecule has 166 valence electrons. The number of carbonyl (C=O) groups is 1. The van der Waals surface area contributed by atoms with Gasteiger partial charge in [0.2, 0.25) is 11.8 Å². The molecule has 6 rings (SSSR count). The molecule has 1 aliphatic rings. The number of piperazine rings is 1. The quantitative estimate of drug-likeness (QED) is 0.398. The van der Waals surface area contributed by atoms with Crippen LogP contribution in [0.5, 0.6) is 0 Å². The van der Waals surface area contributed by atoms with Crippen molar-refractivity contribution in [3.63, 3.8) is 0 Å². The van der Waals surface area contributed by atoms with Gasteiger partial charge in [-0.15, -0.1) is 10.2 Å². The van der Waals surface area contributed by atoms with Gasteiger partial charge in [0.25, 0.3) is 5.91 Å². The first-order chi connectivity index (χ1) is 16.1. The number of aromatic nitrogens is 4. The highest BCUT2D eigenvalue weighted by atomic mass is 35.5. The van der Waals surface area contributed by atoms with Crippen molar-refractivity contribution >= 4 is 40.0 Å². The number of furan rings is 2. The van der Waals surface area contributed by atoms with E-state index >= 15 is 0 Å². The molecule has 0 saturated carbocycles. The summed E-state index contributed by atoms with van der Waals surface area (Å²) in [5.41, 5.74) is 1.39. The van der Waals surface area contributed by atoms with Gasteiger partial charge in [-0.25, -0.2) is 9.38 Å². The van der Waals surface area contributed by atoms with Gasteiger partial charge in [0, 0.05) is 36.1 Å². The number of fused-ring (bicyclic) bond motifs is 3. The van der Waals surface area contributed by atoms with Gasteiger partial charge in [-0.2, -0.15) is 0 Å². The minimum atomic E-state index is -0.115. The Bertz CT molecular complexity index is 1460. The van der Waals surface area contributed by atoms with Gasteiger partial charge >= 0.3 is 0 Å². The average molecular weight is 463 g/mol. The second-order valence-corrected chi connectivity index (χ2v) is 8.44. The van der Waals surface area contributed by atoms with Crippen molar-refractivity contribution in [3.05, 3.63) is 65.8 Å². The van der Waals surface area contributed by atoms with Gasteiger partial charge < -0.3 is 18.6 Å². The summed E-state index contributed by atoms with van der Waals surface area (Å²) in [7, 11) is 0. The van der Waals surface area contributed by atoms with Gasteiger partial charge in [0.05, 0.1) is 18.0 Å². The zero-order valence-corrected chi connectivity index (χ0v) is 18.4. The largest absolute Gasteiger partial charge is 0.461 e. The smallest absolute Gasteiger partial charge is 0.289 e. The van der Waals surface area contributed by atoms with Gasteiger partial charge in [-0.1, -0.05) is 11.6 Å². The van der Waals surface area contributed by atoms with Crippen LogP contribution in [0.15, 0.2) is 63.8 Å². The van der Waals surface area contributed by atoms with Crippen molar-refractivity contribution in [2.75, 3.05) is 24.5 Å². The van der Waals surface area contributed by atoms with E-state index in [9.17, 15) is 4.79 Å². The number of carbonyl (C=O) groups excluding carboxylic acids is 1. The van der Waals surface area contributed by atoms with Crippen LogP contribution in [-0.4, -0.2) is 56.1 Å². The number of benzene rings is 1. The Morgan fingerprint density at radius 1 is 1.09 bits per heavy atom. The molecular formula is C23H19ClN6O3. The summed E-state index contributed by atoms with van der Waals surface area (Å²) in [5.74, 6) is 2.06. The summed E-state index contributed by atoms with van der Waals surface area (Å²) in [6.45, 7) is 3.70. The second-order valence-electron chi connectivity index (χ2n) is 8.00. The summed E-state index contributed by atoms with van der Waals surface area (Å²) >= 11 is 6.26. The molecule has 1 aromatic carbocycles. The van der Waals surface area contributed by atoms with Crippen molar-refractivity contribution in [3.8, 4) is 11.6 Å². The number of halogens is 1. The second kappa shape index (κ2) is 7.63. The van der Waals surface area contributed by atoms with E-state index < -0.39 is 0 Å². The summed E-state index contributed by atoms with van der Waals surface area (Å²) < 4.78 is 12.8. The average Bonchev–Trinajstić information content (AvgIpc) is 3.59. The lowest BCUT2D eigenvalue weighted by atomic mass is 10.1. The van der Waals surface area contributed by atoms with Gasteiger partial charge in [-0.3, -0.25) is 4.79 Å². The van der Waals surface area contributed by atoms with Crippen LogP contribution in [0.4, 0.5) is 5.95 Å². The Labute approximate surface area is 193 Å². The Balaban J connectivity index is 1.45. The first-order valence-electron chi connectivity index (χ1n) is 10.6. The molecule has 1 fully saturated rings. The van der Waals surface area contributed by atoms with Crippen LogP contribution in [0, 0.1) is 0 Å². The maximum absolute atomic E-state index is 12.9. The predicted octanol–water partition coefficient (Wildman–Crippen LogP) is 4.13. The number of nitrogens with zero attached hydrogens (tertiary/aromatic N) is 6. The molecule has 0 spiro atoms. The minimum absolute atomic E-state index is 0.0631. The molecule has 0 unspecified atom stereocenters. The fourth-order valence-electron chi connectivity index (χ4n) is 4.35. The summed E-state index contributed by atoms with van der Waals surface area (Å²) in [6, 6.07) is 12.5. The van der Waals surface area contributed by atoms with Crippen LogP contribution < -0.4 is 4.90 Å². The van der Waals surface area contributed by atoms with E-state index in [0.717, 1.165) is 10.9 Å². The molecule has 33 heavy (non-hydrogen) atoms. The number of amides is 1. The molecule has 0 N–H and O–H groups in total. The molecule has 5 aromatic rings. The Morgan fingerprint density at radius 2 is 1.94 bits per heavy atom. The highest BCUT2D eigenvalue weighted by Gasteiger charge is 2.32. The van der Waals surface area contributed by atoms with Gasteiger partial charge in [-0.05, 0) is 49.4 Å². The Morgan fingerprint density at radius 3 is 2.70 bits per heavy atom. The maximum atomic E-state index is 12.9. The SMILES string of the molecule is C[C@H]1CN(c2nc3cc(Cl)ccc3c3nnc(-c4ccco4)n23)CCN1C(=O)c1ccco1. The zero-order valence-electron chi connectivity index (χ0n) is 17.7. The Kier molecular flexibility index (Phi) is 4.58. The normalized spacial score (nSPS) is 16.7. The number of rotatable bonds is 3. The van der Waals surface area contributed by atoms with Crippen LogP contribution in [0.3, 0.4) is 0 Å². The van der Waals surface area contributed by atoms with Gasteiger partial charge in [0.15, 0.2) is 17.2 Å². The monoisotopic (exact) mass is 462 g/mol. The first-order valence-corrected chi connectivity index (χ1v) is 11.0. The topological polar surface area (TPSA) is 92.9 Å². The molecule has 0 radical (unpaired) electrons. The first kappa shape index (κ1) is 19.8. The lowest BCUT2D eigenvalue weighted by Crippen LogP contribution is -2.54. The zero-order chi connectivity index (χ0) is 22.5. The molecule has 10 heteroatoms. The van der Waals surface area contributed by atoms with E-state index in [4.69, 9.17) is 25.4 Å². The third-order valence-corrected chi connectivity index (χ3v) is 6.16. The molecule has 1 atom stereocenters. The highest BCUT2D eigenvalue weighted by Crippen LogP contribution is 2.31. The van der Waals surface area contributed by atoms with Crippen molar-refractivity contribution in [2.24, 2.45) is 0 Å². The van der Waals surface area contributed by atoms with Crippen molar-refractivity contribution < 1.29 is 13.6 Å². The highest BCUT2D eigenvalue weighted by molar-refractivity contribution is 6.31. The third-order valence-electron chi connectivity index (χ3n) is 5.93. The Hall–Kier alpha value is -3.85. The van der Waals surface area contributed by atoms with E-state index in [1.807, 2.05) is 46.6 Å². The fraction of sp³-hybridized carbons (Fsp3) is 0.217. The lowest BCUT2D eigenvalue weighted by Gasteiger charge is -2.40. The molecule has 1 amide bonds. The molecular weight excluding hydrogens is 444 g/mol. The third kappa shape index (κ3) is 3.23. The number of hydrogen-bond donors (Lipinski definition) is 0. The van der Waals surface area contributed by atoms with Crippen molar-refractivity contribution in [1.29, 1.82) is 0 Å². The minimum Gasteiger partial charge on any atom is -0.461 e. The van der Waals surface area contributed by atoms with Gasteiger partial charge in [0.1, 0.15) is 0 Å². The van der Waals surface area contributed by atoms with E-state index in [1.54, 1.807) is 18.4 Å². The summed E-state index contributed by atoms with van der Waals surface area (Å²) in [6.07, 6.45) is 3.11. The van der Waals surface area contributed by atoms with Crippen LogP contribution in [-0.2, 0) is 0 Å². The van der Waals surface area contributed by atoms with Crippen molar-refractivity contribution in [1.82, 2.24) is 24.5 Å². The van der Waals surface area contributed by atoms with Crippen molar-refractivity contribution in [2.45, 2.75) is 13.0 Å². The summed E-state index contributed by atoms with van der Waals surface area (Å²) in [5, 5.41) is 10.3. The molecule has 0 bridgehead atoms. The molecule has 4 aromatic heterocycles. The summed E-state index contributed by atoms with van der Waals surface area (Å²) in [4.78, 5) is 21.8. The lowest BCUT2D eigenvalue weighted by molar-refractivity contribution is 0.0640. The molecule has 9 nitrogen and oxygen atoms in total.